The second-order valence-corrected chi connectivity index (χ2v) is 6.74. The molecular formula is C21H22BrNO4. The summed E-state index contributed by atoms with van der Waals surface area (Å²) in [5, 5.41) is 2.58. The molecule has 0 aliphatic heterocycles. The zero-order chi connectivity index (χ0) is 19.6. The topological polar surface area (TPSA) is 64.6 Å². The third-order valence-corrected chi connectivity index (χ3v) is 4.25. The zero-order valence-electron chi connectivity index (χ0n) is 15.1. The summed E-state index contributed by atoms with van der Waals surface area (Å²) >= 11 is 3.41. The van der Waals surface area contributed by atoms with Crippen LogP contribution in [0.2, 0.25) is 0 Å². The van der Waals surface area contributed by atoms with Gasteiger partial charge in [-0.25, -0.2) is 9.59 Å². The fraction of sp³-hybridized carbons (Fsp3) is 0.238. The highest BCUT2D eigenvalue weighted by molar-refractivity contribution is 9.10. The monoisotopic (exact) mass is 431 g/mol. The molecule has 0 heterocycles. The summed E-state index contributed by atoms with van der Waals surface area (Å²) in [6, 6.07) is 16.0. The number of esters is 1. The molecule has 5 nitrogen and oxygen atoms in total. The Bertz CT molecular complexity index is 792. The number of amides is 1. The minimum atomic E-state index is -0.875. The number of carbonyl (C=O) groups is 2. The van der Waals surface area contributed by atoms with Crippen LogP contribution in [0.4, 0.5) is 4.79 Å². The van der Waals surface area contributed by atoms with Crippen molar-refractivity contribution in [2.45, 2.75) is 26.0 Å². The highest BCUT2D eigenvalue weighted by Gasteiger charge is 2.24. The number of hydrogen-bond acceptors (Lipinski definition) is 4. The first kappa shape index (κ1) is 20.7. The van der Waals surface area contributed by atoms with E-state index in [4.69, 9.17) is 9.47 Å². The lowest BCUT2D eigenvalue weighted by molar-refractivity contribution is -0.145. The van der Waals surface area contributed by atoms with E-state index < -0.39 is 18.1 Å². The van der Waals surface area contributed by atoms with Crippen molar-refractivity contribution in [2.24, 2.45) is 0 Å². The Morgan fingerprint density at radius 3 is 2.52 bits per heavy atom. The van der Waals surface area contributed by atoms with E-state index in [1.54, 1.807) is 6.92 Å². The molecule has 2 aromatic rings. The smallest absolute Gasteiger partial charge is 0.408 e. The van der Waals surface area contributed by atoms with Gasteiger partial charge >= 0.3 is 12.1 Å². The molecule has 0 unspecified atom stereocenters. The van der Waals surface area contributed by atoms with Crippen molar-refractivity contribution in [3.8, 4) is 0 Å². The number of carbonyl (C=O) groups excluding carboxylic acids is 2. The van der Waals surface area contributed by atoms with Gasteiger partial charge < -0.3 is 14.8 Å². The fourth-order valence-corrected chi connectivity index (χ4v) is 2.82. The molecule has 2 aromatic carbocycles. The van der Waals surface area contributed by atoms with Gasteiger partial charge in [0.2, 0.25) is 0 Å². The summed E-state index contributed by atoms with van der Waals surface area (Å²) in [5.74, 6) is -0.523. The summed E-state index contributed by atoms with van der Waals surface area (Å²) in [7, 11) is 0. The summed E-state index contributed by atoms with van der Waals surface area (Å²) in [6.45, 7) is 6.08. The minimum absolute atomic E-state index is 0.120. The zero-order valence-corrected chi connectivity index (χ0v) is 16.7. The summed E-state index contributed by atoms with van der Waals surface area (Å²) < 4.78 is 11.2. The number of nitrogens with one attached hydrogen (secondary N) is 1. The van der Waals surface area contributed by atoms with Crippen molar-refractivity contribution in [2.75, 3.05) is 6.61 Å². The van der Waals surface area contributed by atoms with Gasteiger partial charge in [-0.1, -0.05) is 65.0 Å². The molecule has 2 rings (SSSR count). The molecule has 0 spiro atoms. The Hall–Kier alpha value is -2.60. The first-order chi connectivity index (χ1) is 13.0. The van der Waals surface area contributed by atoms with E-state index in [-0.39, 0.29) is 19.6 Å². The minimum Gasteiger partial charge on any atom is -0.464 e. The first-order valence-electron chi connectivity index (χ1n) is 8.57. The lowest BCUT2D eigenvalue weighted by Gasteiger charge is -2.18. The van der Waals surface area contributed by atoms with Crippen molar-refractivity contribution in [1.82, 2.24) is 5.32 Å². The van der Waals surface area contributed by atoms with Crippen LogP contribution in [0.3, 0.4) is 0 Å². The second-order valence-electron chi connectivity index (χ2n) is 5.83. The normalized spacial score (nSPS) is 11.3. The Morgan fingerprint density at radius 2 is 1.85 bits per heavy atom. The van der Waals surface area contributed by atoms with E-state index in [1.807, 2.05) is 54.6 Å². The van der Waals surface area contributed by atoms with Crippen LogP contribution < -0.4 is 5.32 Å². The van der Waals surface area contributed by atoms with Crippen LogP contribution in [0.15, 0.2) is 65.6 Å². The molecule has 1 atom stereocenters. The molecule has 1 amide bonds. The van der Waals surface area contributed by atoms with Gasteiger partial charge in [-0.05, 0) is 35.8 Å². The van der Waals surface area contributed by atoms with Gasteiger partial charge in [-0.3, -0.25) is 0 Å². The molecule has 0 fully saturated rings. The molecule has 0 aliphatic carbocycles. The van der Waals surface area contributed by atoms with Crippen molar-refractivity contribution in [1.29, 1.82) is 0 Å². The molecule has 0 radical (unpaired) electrons. The molecule has 0 bridgehead atoms. The standard InChI is InChI=1S/C21H22BrNO4/c1-3-26-20(24)19(12-15(2)17-10-7-11-18(22)13-17)23-21(25)27-14-16-8-5-4-6-9-16/h4-11,13,19H,2-3,12,14H2,1H3,(H,23,25)/t19-/m1/s1. The van der Waals surface area contributed by atoms with E-state index >= 15 is 0 Å². The maximum absolute atomic E-state index is 12.2. The summed E-state index contributed by atoms with van der Waals surface area (Å²) in [5.41, 5.74) is 2.44. The van der Waals surface area contributed by atoms with Gasteiger partial charge in [-0.15, -0.1) is 0 Å². The Balaban J connectivity index is 1.99. The number of alkyl carbamates (subject to hydrolysis) is 1. The fourth-order valence-electron chi connectivity index (χ4n) is 2.42. The van der Waals surface area contributed by atoms with E-state index in [0.717, 1.165) is 15.6 Å². The third-order valence-electron chi connectivity index (χ3n) is 3.76. The molecule has 0 aliphatic rings. The lowest BCUT2D eigenvalue weighted by Crippen LogP contribution is -2.42. The van der Waals surface area contributed by atoms with E-state index in [2.05, 4.69) is 27.8 Å². The number of rotatable bonds is 8. The predicted octanol–water partition coefficient (Wildman–Crippen LogP) is 4.71. The van der Waals surface area contributed by atoms with E-state index in [9.17, 15) is 9.59 Å². The molecule has 1 N–H and O–H groups in total. The predicted molar refractivity (Wildman–Crippen MR) is 108 cm³/mol. The molecular weight excluding hydrogens is 410 g/mol. The maximum Gasteiger partial charge on any atom is 0.408 e. The molecule has 6 heteroatoms. The van der Waals surface area contributed by atoms with Crippen molar-refractivity contribution < 1.29 is 19.1 Å². The highest BCUT2D eigenvalue weighted by Crippen LogP contribution is 2.22. The van der Waals surface area contributed by atoms with Gasteiger partial charge in [0.05, 0.1) is 6.61 Å². The van der Waals surface area contributed by atoms with Crippen molar-refractivity contribution >= 4 is 33.6 Å². The number of hydrogen-bond donors (Lipinski definition) is 1. The number of benzene rings is 2. The molecule has 0 saturated carbocycles. The summed E-state index contributed by atoms with van der Waals surface area (Å²) in [4.78, 5) is 24.4. The van der Waals surface area contributed by atoms with Crippen molar-refractivity contribution in [3.63, 3.8) is 0 Å². The molecule has 0 saturated heterocycles. The Morgan fingerprint density at radius 1 is 1.11 bits per heavy atom. The maximum atomic E-state index is 12.2. The third kappa shape index (κ3) is 6.90. The number of halogens is 1. The quantitative estimate of drug-likeness (QED) is 0.614. The number of ether oxygens (including phenoxy) is 2. The van der Waals surface area contributed by atoms with Gasteiger partial charge in [-0.2, -0.15) is 0 Å². The van der Waals surface area contributed by atoms with Crippen LogP contribution in [0.1, 0.15) is 24.5 Å². The van der Waals surface area contributed by atoms with Crippen LogP contribution in [-0.2, 0) is 20.9 Å². The van der Waals surface area contributed by atoms with Crippen LogP contribution in [0.25, 0.3) is 5.57 Å². The van der Waals surface area contributed by atoms with Gasteiger partial charge in [0.1, 0.15) is 12.6 Å². The van der Waals surface area contributed by atoms with E-state index in [0.29, 0.717) is 5.57 Å². The van der Waals surface area contributed by atoms with Crippen LogP contribution >= 0.6 is 15.9 Å². The SMILES string of the molecule is C=C(C[C@@H](NC(=O)OCc1ccccc1)C(=O)OCC)c1cccc(Br)c1. The first-order valence-corrected chi connectivity index (χ1v) is 9.36. The van der Waals surface area contributed by atoms with Gasteiger partial charge in [0, 0.05) is 10.9 Å². The van der Waals surface area contributed by atoms with Crippen LogP contribution in [0, 0.1) is 0 Å². The second kappa shape index (κ2) is 10.5. The largest absolute Gasteiger partial charge is 0.464 e. The molecule has 0 aromatic heterocycles. The lowest BCUT2D eigenvalue weighted by atomic mass is 10.0. The average Bonchev–Trinajstić information content (AvgIpc) is 2.67. The van der Waals surface area contributed by atoms with E-state index in [1.165, 1.54) is 0 Å². The molecule has 27 heavy (non-hydrogen) atoms. The highest BCUT2D eigenvalue weighted by atomic mass is 79.9. The summed E-state index contributed by atoms with van der Waals surface area (Å²) in [6.07, 6.45) is -0.464. The van der Waals surface area contributed by atoms with Crippen LogP contribution in [0.5, 0.6) is 0 Å². The van der Waals surface area contributed by atoms with Crippen LogP contribution in [-0.4, -0.2) is 24.7 Å². The average molecular weight is 432 g/mol. The Kier molecular flexibility index (Phi) is 8.07. The van der Waals surface area contributed by atoms with Gasteiger partial charge in [0.25, 0.3) is 0 Å². The van der Waals surface area contributed by atoms with Gasteiger partial charge in [0.15, 0.2) is 0 Å². The molecule has 142 valence electrons. The Labute approximate surface area is 167 Å². The van der Waals surface area contributed by atoms with Crippen molar-refractivity contribution in [3.05, 3.63) is 76.8 Å².